The van der Waals surface area contributed by atoms with Crippen LogP contribution in [0, 0.1) is 13.8 Å². The molecule has 0 saturated carbocycles. The molecule has 0 N–H and O–H groups in total. The fourth-order valence-corrected chi connectivity index (χ4v) is 2.44. The lowest BCUT2D eigenvalue weighted by Crippen LogP contribution is -2.00. The number of ketones is 1. The van der Waals surface area contributed by atoms with Crippen LogP contribution in [-0.4, -0.2) is 5.78 Å². The third kappa shape index (κ3) is 2.60. The van der Waals surface area contributed by atoms with Crippen molar-refractivity contribution in [1.82, 2.24) is 0 Å². The molecule has 100 valence electrons. The van der Waals surface area contributed by atoms with E-state index in [1.54, 1.807) is 6.08 Å². The normalized spacial score (nSPS) is 13.4. The molecule has 19 heavy (non-hydrogen) atoms. The highest BCUT2D eigenvalue weighted by atomic mass is 16.1. The van der Waals surface area contributed by atoms with E-state index in [9.17, 15) is 4.79 Å². The Morgan fingerprint density at radius 3 is 2.26 bits per heavy atom. The first-order valence-electron chi connectivity index (χ1n) is 6.76. The number of Topliss-reactive ketones (excluding diaryl/α,β-unsaturated/α-hetero) is 1. The number of hydrogen-bond acceptors (Lipinski definition) is 1. The van der Waals surface area contributed by atoms with Crippen LogP contribution >= 0.6 is 0 Å². The van der Waals surface area contributed by atoms with Gasteiger partial charge in [-0.3, -0.25) is 4.79 Å². The first kappa shape index (κ1) is 15.2. The van der Waals surface area contributed by atoms with E-state index in [2.05, 4.69) is 18.7 Å². The molecule has 0 unspecified atom stereocenters. The van der Waals surface area contributed by atoms with E-state index in [1.807, 2.05) is 46.8 Å². The number of carbonyl (C=O) groups is 1. The quantitative estimate of drug-likeness (QED) is 0.722. The molecule has 1 aromatic rings. The minimum Gasteiger partial charge on any atom is -0.289 e. The molecule has 1 aromatic carbocycles. The Labute approximate surface area is 116 Å². The largest absolute Gasteiger partial charge is 0.289 e. The second-order valence-electron chi connectivity index (χ2n) is 4.36. The predicted octanol–water partition coefficient (Wildman–Crippen LogP) is 5.04. The zero-order valence-corrected chi connectivity index (χ0v) is 12.5. The average Bonchev–Trinajstić information content (AvgIpc) is 2.65. The van der Waals surface area contributed by atoms with Crippen molar-refractivity contribution in [3.05, 3.63) is 64.8 Å². The van der Waals surface area contributed by atoms with Crippen LogP contribution in [0.1, 0.15) is 47.8 Å². The Hall–Kier alpha value is -1.89. The summed E-state index contributed by atoms with van der Waals surface area (Å²) in [5, 5.41) is 0. The summed E-state index contributed by atoms with van der Waals surface area (Å²) in [6.07, 6.45) is 5.54. The summed E-state index contributed by atoms with van der Waals surface area (Å²) >= 11 is 0. The summed E-state index contributed by atoms with van der Waals surface area (Å²) in [5.41, 5.74) is 5.79. The number of rotatable bonds is 2. The van der Waals surface area contributed by atoms with Crippen molar-refractivity contribution < 1.29 is 4.79 Å². The molecule has 0 heterocycles. The molecule has 0 radical (unpaired) electrons. The maximum atomic E-state index is 12.3. The third-order valence-corrected chi connectivity index (χ3v) is 3.07. The van der Waals surface area contributed by atoms with Gasteiger partial charge < -0.3 is 0 Å². The summed E-state index contributed by atoms with van der Waals surface area (Å²) in [4.78, 5) is 12.3. The lowest BCUT2D eigenvalue weighted by atomic mass is 9.98. The number of carbonyl (C=O) groups excluding carboxylic acids is 1. The molecule has 1 aliphatic carbocycles. The number of allylic oxidation sites excluding steroid dienone is 5. The molecule has 0 fully saturated rings. The van der Waals surface area contributed by atoms with E-state index in [-0.39, 0.29) is 5.78 Å². The Morgan fingerprint density at radius 2 is 1.74 bits per heavy atom. The molecular formula is C18H22O. The fourth-order valence-electron chi connectivity index (χ4n) is 2.44. The molecule has 0 spiro atoms. The monoisotopic (exact) mass is 254 g/mol. The first-order valence-corrected chi connectivity index (χ1v) is 6.76. The average molecular weight is 254 g/mol. The van der Waals surface area contributed by atoms with Gasteiger partial charge in [-0.25, -0.2) is 0 Å². The molecule has 0 aliphatic heterocycles. The van der Waals surface area contributed by atoms with Crippen LogP contribution in [0.5, 0.6) is 0 Å². The van der Waals surface area contributed by atoms with E-state index in [1.165, 1.54) is 5.56 Å². The number of benzene rings is 1. The van der Waals surface area contributed by atoms with Gasteiger partial charge in [-0.1, -0.05) is 56.4 Å². The maximum Gasteiger partial charge on any atom is 0.194 e. The summed E-state index contributed by atoms with van der Waals surface area (Å²) < 4.78 is 0. The lowest BCUT2D eigenvalue weighted by Gasteiger charge is -2.05. The highest BCUT2D eigenvalue weighted by Gasteiger charge is 2.27. The number of hydrogen-bond donors (Lipinski definition) is 0. The fraction of sp³-hybridized carbons (Fsp3) is 0.278. The molecule has 1 aliphatic rings. The van der Waals surface area contributed by atoms with Crippen LogP contribution in [0.4, 0.5) is 0 Å². The van der Waals surface area contributed by atoms with Crippen LogP contribution in [-0.2, 0) is 0 Å². The van der Waals surface area contributed by atoms with E-state index in [0.717, 1.165) is 27.8 Å². The molecule has 0 bridgehead atoms. The van der Waals surface area contributed by atoms with E-state index >= 15 is 0 Å². The lowest BCUT2D eigenvalue weighted by molar-refractivity contribution is 0.104. The first-order chi connectivity index (χ1) is 9.10. The van der Waals surface area contributed by atoms with Gasteiger partial charge in [0.2, 0.25) is 0 Å². The summed E-state index contributed by atoms with van der Waals surface area (Å²) in [7, 11) is 0. The van der Waals surface area contributed by atoms with Crippen molar-refractivity contribution in [2.75, 3.05) is 0 Å². The molecular weight excluding hydrogens is 232 g/mol. The van der Waals surface area contributed by atoms with Gasteiger partial charge in [0, 0.05) is 11.1 Å². The molecule has 0 amide bonds. The smallest absolute Gasteiger partial charge is 0.194 e. The molecule has 0 saturated heterocycles. The van der Waals surface area contributed by atoms with Crippen LogP contribution in [0.3, 0.4) is 0 Å². The van der Waals surface area contributed by atoms with Gasteiger partial charge >= 0.3 is 0 Å². The van der Waals surface area contributed by atoms with Gasteiger partial charge in [0.15, 0.2) is 5.78 Å². The van der Waals surface area contributed by atoms with Gasteiger partial charge in [-0.2, -0.15) is 0 Å². The molecule has 2 rings (SSSR count). The second kappa shape index (κ2) is 6.33. The Morgan fingerprint density at radius 1 is 1.11 bits per heavy atom. The Balaban J connectivity index is 0.000000861. The Kier molecular flexibility index (Phi) is 5.05. The van der Waals surface area contributed by atoms with E-state index in [0.29, 0.717) is 0 Å². The molecule has 0 atom stereocenters. The summed E-state index contributed by atoms with van der Waals surface area (Å²) in [6.45, 7) is 13.8. The zero-order chi connectivity index (χ0) is 14.6. The van der Waals surface area contributed by atoms with Crippen LogP contribution in [0.2, 0.25) is 0 Å². The summed E-state index contributed by atoms with van der Waals surface area (Å²) in [5.74, 6) is 0.116. The van der Waals surface area contributed by atoms with Crippen LogP contribution in [0.25, 0.3) is 5.57 Å². The van der Waals surface area contributed by atoms with Gasteiger partial charge in [-0.15, -0.1) is 0 Å². The van der Waals surface area contributed by atoms with E-state index in [4.69, 9.17) is 0 Å². The highest BCUT2D eigenvalue weighted by Crippen LogP contribution is 2.36. The van der Waals surface area contributed by atoms with Crippen molar-refractivity contribution in [2.24, 2.45) is 0 Å². The third-order valence-electron chi connectivity index (χ3n) is 3.07. The minimum absolute atomic E-state index is 0.116. The molecule has 0 aromatic heterocycles. The number of aryl methyl sites for hydroxylation is 2. The zero-order valence-electron chi connectivity index (χ0n) is 12.5. The maximum absolute atomic E-state index is 12.3. The van der Waals surface area contributed by atoms with Gasteiger partial charge in [0.1, 0.15) is 0 Å². The van der Waals surface area contributed by atoms with E-state index < -0.39 is 0 Å². The minimum atomic E-state index is 0.116. The van der Waals surface area contributed by atoms with Crippen molar-refractivity contribution in [2.45, 2.75) is 34.6 Å². The summed E-state index contributed by atoms with van der Waals surface area (Å²) in [6, 6.07) is 4.11. The molecule has 1 nitrogen and oxygen atoms in total. The van der Waals surface area contributed by atoms with Crippen molar-refractivity contribution in [1.29, 1.82) is 0 Å². The van der Waals surface area contributed by atoms with Gasteiger partial charge in [0.05, 0.1) is 0 Å². The van der Waals surface area contributed by atoms with Gasteiger partial charge in [-0.05, 0) is 37.5 Å². The van der Waals surface area contributed by atoms with Crippen LogP contribution in [0.15, 0.2) is 42.5 Å². The highest BCUT2D eigenvalue weighted by molar-refractivity contribution is 6.24. The topological polar surface area (TPSA) is 17.1 Å². The number of fused-ring (bicyclic) bond motifs is 1. The second-order valence-corrected chi connectivity index (χ2v) is 4.36. The molecule has 1 heteroatoms. The van der Waals surface area contributed by atoms with Crippen LogP contribution < -0.4 is 0 Å². The predicted molar refractivity (Wildman–Crippen MR) is 83.5 cm³/mol. The van der Waals surface area contributed by atoms with Gasteiger partial charge in [0.25, 0.3) is 0 Å². The van der Waals surface area contributed by atoms with Crippen molar-refractivity contribution in [3.8, 4) is 0 Å². The Bertz CT molecular complexity index is 572. The van der Waals surface area contributed by atoms with Crippen molar-refractivity contribution >= 4 is 11.4 Å². The van der Waals surface area contributed by atoms with Crippen molar-refractivity contribution in [3.63, 3.8) is 0 Å². The SMILES string of the molecule is C=CC1=C(/C=C\C)C(=O)c2c(C)cc(C)cc21.CC. The standard InChI is InChI=1S/C16H16O.C2H6/c1-5-7-13-12(6-2)14-9-10(3)8-11(4)15(14)16(13)17;1-2/h5-9H,2H2,1,3-4H3;1-2H3/b7-5-;.